The van der Waals surface area contributed by atoms with Gasteiger partial charge in [0, 0.05) is 32.6 Å². The molecular weight excluding hydrogens is 465 g/mol. The highest BCUT2D eigenvalue weighted by molar-refractivity contribution is 14.0. The maximum atomic E-state index is 5.17. The van der Waals surface area contributed by atoms with Gasteiger partial charge in [-0.25, -0.2) is 0 Å². The Morgan fingerprint density at radius 1 is 1.32 bits per heavy atom. The lowest BCUT2D eigenvalue weighted by molar-refractivity contribution is 0.234. The molecule has 1 N–H and O–H groups in total. The second kappa shape index (κ2) is 11.4. The number of hydrogen-bond acceptors (Lipinski definition) is 4. The second-order valence-corrected chi connectivity index (χ2v) is 7.30. The number of aromatic nitrogens is 2. The summed E-state index contributed by atoms with van der Waals surface area (Å²) in [5.41, 5.74) is 1.46. The molecule has 6 nitrogen and oxygen atoms in total. The molecule has 1 aromatic heterocycles. The molecule has 0 bridgehead atoms. The third-order valence-corrected chi connectivity index (χ3v) is 5.15. The minimum atomic E-state index is 0. The van der Waals surface area contributed by atoms with Gasteiger partial charge in [-0.15, -0.1) is 24.0 Å². The van der Waals surface area contributed by atoms with Gasteiger partial charge in [-0.2, -0.15) is 4.98 Å². The number of likely N-dealkylation sites (tertiary alicyclic amines) is 1. The molecule has 2 aromatic rings. The highest BCUT2D eigenvalue weighted by Crippen LogP contribution is 2.32. The fourth-order valence-corrected chi connectivity index (χ4v) is 3.82. The smallest absolute Gasteiger partial charge is 0.226 e. The van der Waals surface area contributed by atoms with Gasteiger partial charge in [0.1, 0.15) is 0 Å². The number of benzene rings is 1. The second-order valence-electron chi connectivity index (χ2n) is 7.30. The number of aliphatic imine (C=N–C) groups is 1. The monoisotopic (exact) mass is 497 g/mol. The van der Waals surface area contributed by atoms with Crippen LogP contribution in [0.2, 0.25) is 0 Å². The van der Waals surface area contributed by atoms with Crippen LogP contribution in [0, 0.1) is 12.8 Å². The fraction of sp³-hybridized carbons (Fsp3) is 0.571. The van der Waals surface area contributed by atoms with Crippen molar-refractivity contribution in [1.29, 1.82) is 0 Å². The van der Waals surface area contributed by atoms with Crippen LogP contribution in [0.4, 0.5) is 0 Å². The molecule has 3 rings (SSSR count). The number of nitrogens with one attached hydrogen (secondary N) is 1. The van der Waals surface area contributed by atoms with E-state index in [1.165, 1.54) is 5.56 Å². The molecule has 1 fully saturated rings. The average molecular weight is 497 g/mol. The first-order chi connectivity index (χ1) is 13.2. The van der Waals surface area contributed by atoms with Crippen LogP contribution < -0.4 is 5.32 Å². The summed E-state index contributed by atoms with van der Waals surface area (Å²) in [4.78, 5) is 11.5. The molecule has 2 unspecified atom stereocenters. The Bertz CT molecular complexity index is 733. The molecule has 0 aliphatic carbocycles. The zero-order valence-electron chi connectivity index (χ0n) is 17.1. The van der Waals surface area contributed by atoms with Gasteiger partial charge in [0.25, 0.3) is 0 Å². The number of halogens is 1. The first-order valence-electron chi connectivity index (χ1n) is 10.0. The molecule has 0 radical (unpaired) electrons. The van der Waals surface area contributed by atoms with Crippen LogP contribution in [0.5, 0.6) is 0 Å². The van der Waals surface area contributed by atoms with E-state index in [1.807, 2.05) is 6.92 Å². The summed E-state index contributed by atoms with van der Waals surface area (Å²) < 4.78 is 5.17. The van der Waals surface area contributed by atoms with Crippen molar-refractivity contribution in [3.05, 3.63) is 47.6 Å². The third-order valence-electron chi connectivity index (χ3n) is 5.15. The number of aryl methyl sites for hydroxylation is 2. The molecule has 2 atom stereocenters. The van der Waals surface area contributed by atoms with Crippen LogP contribution in [0.3, 0.4) is 0 Å². The maximum Gasteiger partial charge on any atom is 0.226 e. The van der Waals surface area contributed by atoms with E-state index in [-0.39, 0.29) is 24.0 Å². The number of hydrogen-bond donors (Lipinski definition) is 1. The zero-order valence-corrected chi connectivity index (χ0v) is 19.4. The summed E-state index contributed by atoms with van der Waals surface area (Å²) in [6.45, 7) is 10.0. The van der Waals surface area contributed by atoms with E-state index in [2.05, 4.69) is 64.5 Å². The minimum absolute atomic E-state index is 0. The lowest BCUT2D eigenvalue weighted by atomic mass is 9.82. The van der Waals surface area contributed by atoms with Crippen molar-refractivity contribution in [1.82, 2.24) is 20.4 Å². The molecule has 0 amide bonds. The summed E-state index contributed by atoms with van der Waals surface area (Å²) in [5.74, 6) is 3.65. The predicted molar refractivity (Wildman–Crippen MR) is 123 cm³/mol. The van der Waals surface area contributed by atoms with E-state index < -0.39 is 0 Å². The molecule has 0 spiro atoms. The van der Waals surface area contributed by atoms with Gasteiger partial charge in [0.2, 0.25) is 5.89 Å². The van der Waals surface area contributed by atoms with Gasteiger partial charge in [-0.3, -0.25) is 4.99 Å². The number of nitrogens with zero attached hydrogens (tertiary/aromatic N) is 4. The van der Waals surface area contributed by atoms with Gasteiger partial charge in [-0.05, 0) is 44.1 Å². The van der Waals surface area contributed by atoms with Gasteiger partial charge in [0.15, 0.2) is 11.8 Å². The average Bonchev–Trinajstić information content (AvgIpc) is 3.10. The predicted octanol–water partition coefficient (Wildman–Crippen LogP) is 4.02. The van der Waals surface area contributed by atoms with E-state index in [9.17, 15) is 0 Å². The third kappa shape index (κ3) is 6.18. The fourth-order valence-electron chi connectivity index (χ4n) is 3.82. The van der Waals surface area contributed by atoms with Crippen LogP contribution in [0.15, 0.2) is 39.8 Å². The topological polar surface area (TPSA) is 66.5 Å². The maximum absolute atomic E-state index is 5.17. The molecule has 154 valence electrons. The first-order valence-corrected chi connectivity index (χ1v) is 10.0. The van der Waals surface area contributed by atoms with E-state index in [0.717, 1.165) is 51.4 Å². The van der Waals surface area contributed by atoms with Crippen molar-refractivity contribution in [2.24, 2.45) is 10.9 Å². The van der Waals surface area contributed by atoms with Crippen molar-refractivity contribution in [2.75, 3.05) is 26.2 Å². The lowest BCUT2D eigenvalue weighted by Gasteiger charge is -2.39. The molecule has 28 heavy (non-hydrogen) atoms. The molecular formula is C21H32IN5O. The number of rotatable bonds is 6. The molecule has 1 aromatic carbocycles. The highest BCUT2D eigenvalue weighted by atomic mass is 127. The minimum Gasteiger partial charge on any atom is -0.357 e. The van der Waals surface area contributed by atoms with Crippen molar-refractivity contribution >= 4 is 29.9 Å². The van der Waals surface area contributed by atoms with Gasteiger partial charge < -0.3 is 14.7 Å². The SMILES string of the molecule is CCNC(=NCCCc1nc(C)no1)N1CCC(c2ccccc2)C(C)C1.I. The highest BCUT2D eigenvalue weighted by Gasteiger charge is 2.28. The van der Waals surface area contributed by atoms with Crippen LogP contribution >= 0.6 is 24.0 Å². The summed E-state index contributed by atoms with van der Waals surface area (Å²) in [6, 6.07) is 10.9. The Hall–Kier alpha value is -1.64. The normalized spacial score (nSPS) is 20.0. The van der Waals surface area contributed by atoms with Crippen LogP contribution in [-0.2, 0) is 6.42 Å². The molecule has 7 heteroatoms. The Labute approximate surface area is 185 Å². The Morgan fingerprint density at radius 3 is 2.75 bits per heavy atom. The molecule has 0 saturated carbocycles. The van der Waals surface area contributed by atoms with Crippen LogP contribution in [-0.4, -0.2) is 47.2 Å². The van der Waals surface area contributed by atoms with Crippen LogP contribution in [0.1, 0.15) is 49.9 Å². The Morgan fingerprint density at radius 2 is 2.11 bits per heavy atom. The van der Waals surface area contributed by atoms with Crippen molar-refractivity contribution in [3.8, 4) is 0 Å². The van der Waals surface area contributed by atoms with E-state index in [0.29, 0.717) is 23.6 Å². The van der Waals surface area contributed by atoms with Crippen molar-refractivity contribution < 1.29 is 4.52 Å². The summed E-state index contributed by atoms with van der Waals surface area (Å²) >= 11 is 0. The molecule has 1 aliphatic rings. The van der Waals surface area contributed by atoms with Gasteiger partial charge >= 0.3 is 0 Å². The van der Waals surface area contributed by atoms with Crippen LogP contribution in [0.25, 0.3) is 0 Å². The quantitative estimate of drug-likeness (QED) is 0.283. The van der Waals surface area contributed by atoms with Crippen molar-refractivity contribution in [3.63, 3.8) is 0 Å². The zero-order chi connectivity index (χ0) is 19.1. The largest absolute Gasteiger partial charge is 0.357 e. The summed E-state index contributed by atoms with van der Waals surface area (Å²) in [6.07, 6.45) is 2.85. The number of guanidine groups is 1. The first kappa shape index (κ1) is 22.6. The van der Waals surface area contributed by atoms with E-state index in [4.69, 9.17) is 9.52 Å². The Balaban J connectivity index is 0.00000280. The summed E-state index contributed by atoms with van der Waals surface area (Å²) in [7, 11) is 0. The van der Waals surface area contributed by atoms with Gasteiger partial charge in [0.05, 0.1) is 0 Å². The molecule has 1 saturated heterocycles. The lowest BCUT2D eigenvalue weighted by Crippen LogP contribution is -2.48. The Kier molecular flexibility index (Phi) is 9.21. The van der Waals surface area contributed by atoms with Gasteiger partial charge in [-0.1, -0.05) is 42.4 Å². The van der Waals surface area contributed by atoms with E-state index >= 15 is 0 Å². The van der Waals surface area contributed by atoms with E-state index in [1.54, 1.807) is 0 Å². The molecule has 1 aliphatic heterocycles. The standard InChI is InChI=1S/C21H31N5O.HI/c1-4-22-21(23-13-8-11-20-24-17(3)25-27-20)26-14-12-19(16(2)15-26)18-9-6-5-7-10-18;/h5-7,9-10,16,19H,4,8,11-15H2,1-3H3,(H,22,23);1H. The summed E-state index contributed by atoms with van der Waals surface area (Å²) in [5, 5.41) is 7.29. The van der Waals surface area contributed by atoms with Crippen molar-refractivity contribution in [2.45, 2.75) is 46.0 Å². The number of piperidine rings is 1. The molecule has 2 heterocycles.